The maximum absolute atomic E-state index is 12.6. The fourth-order valence-corrected chi connectivity index (χ4v) is 2.98. The fraction of sp³-hybridized carbons (Fsp3) is 0.0909. The van der Waals surface area contributed by atoms with Crippen molar-refractivity contribution in [2.24, 2.45) is 0 Å². The number of benzene rings is 3. The van der Waals surface area contributed by atoms with Crippen LogP contribution in [0, 0.1) is 20.2 Å². The Morgan fingerprint density at radius 1 is 0.781 bits per heavy atom. The van der Waals surface area contributed by atoms with Crippen molar-refractivity contribution in [2.45, 2.75) is 13.0 Å². The van der Waals surface area contributed by atoms with Gasteiger partial charge in [-0.25, -0.2) is 0 Å². The van der Waals surface area contributed by atoms with Crippen molar-refractivity contribution >= 4 is 28.9 Å². The maximum atomic E-state index is 12.6. The van der Waals surface area contributed by atoms with E-state index in [-0.39, 0.29) is 28.8 Å². The van der Waals surface area contributed by atoms with Crippen LogP contribution in [0.2, 0.25) is 0 Å². The number of carbonyl (C=O) groups is 2. The first-order valence-electron chi connectivity index (χ1n) is 9.45. The lowest BCUT2D eigenvalue weighted by Crippen LogP contribution is -2.26. The molecule has 32 heavy (non-hydrogen) atoms. The molecular formula is C22H18N4O6. The van der Waals surface area contributed by atoms with E-state index < -0.39 is 27.1 Å². The van der Waals surface area contributed by atoms with Crippen molar-refractivity contribution in [3.63, 3.8) is 0 Å². The van der Waals surface area contributed by atoms with Gasteiger partial charge in [-0.3, -0.25) is 29.8 Å². The second-order valence-electron chi connectivity index (χ2n) is 6.89. The van der Waals surface area contributed by atoms with Gasteiger partial charge in [-0.15, -0.1) is 0 Å². The second-order valence-corrected chi connectivity index (χ2v) is 6.89. The summed E-state index contributed by atoms with van der Waals surface area (Å²) >= 11 is 0. The minimum atomic E-state index is -0.817. The molecule has 0 radical (unpaired) electrons. The molecule has 10 nitrogen and oxygen atoms in total. The van der Waals surface area contributed by atoms with Crippen LogP contribution < -0.4 is 10.6 Å². The van der Waals surface area contributed by atoms with Crippen molar-refractivity contribution in [1.29, 1.82) is 0 Å². The highest BCUT2D eigenvalue weighted by Crippen LogP contribution is 2.24. The van der Waals surface area contributed by atoms with Gasteiger partial charge in [0.05, 0.1) is 27.5 Å². The minimum Gasteiger partial charge on any atom is -0.346 e. The van der Waals surface area contributed by atoms with Crippen molar-refractivity contribution in [3.05, 3.63) is 110 Å². The Balaban J connectivity index is 1.77. The monoisotopic (exact) mass is 434 g/mol. The Kier molecular flexibility index (Phi) is 6.54. The first-order valence-corrected chi connectivity index (χ1v) is 9.45. The predicted octanol–water partition coefficient (Wildman–Crippen LogP) is 4.25. The summed E-state index contributed by atoms with van der Waals surface area (Å²) in [6.45, 7) is 1.84. The number of non-ortho nitro benzene ring substituents is 2. The number of anilines is 1. The average molecular weight is 434 g/mol. The van der Waals surface area contributed by atoms with E-state index in [0.717, 1.165) is 23.8 Å². The van der Waals surface area contributed by atoms with Crippen molar-refractivity contribution in [1.82, 2.24) is 5.32 Å². The van der Waals surface area contributed by atoms with Gasteiger partial charge in [-0.2, -0.15) is 0 Å². The van der Waals surface area contributed by atoms with E-state index >= 15 is 0 Å². The molecule has 0 saturated carbocycles. The summed E-state index contributed by atoms with van der Waals surface area (Å²) in [5.74, 6) is -1.14. The van der Waals surface area contributed by atoms with Crippen LogP contribution >= 0.6 is 0 Å². The third-order valence-corrected chi connectivity index (χ3v) is 4.62. The smallest absolute Gasteiger partial charge is 0.277 e. The molecule has 3 aromatic carbocycles. The zero-order chi connectivity index (χ0) is 23.3. The van der Waals surface area contributed by atoms with Crippen LogP contribution in [0.3, 0.4) is 0 Å². The highest BCUT2D eigenvalue weighted by Gasteiger charge is 2.20. The van der Waals surface area contributed by atoms with Gasteiger partial charge < -0.3 is 10.6 Å². The molecule has 0 aliphatic heterocycles. The summed E-state index contributed by atoms with van der Waals surface area (Å²) < 4.78 is 0. The summed E-state index contributed by atoms with van der Waals surface area (Å²) in [5, 5.41) is 27.4. The van der Waals surface area contributed by atoms with Crippen molar-refractivity contribution < 1.29 is 19.4 Å². The number of nitro groups is 2. The highest BCUT2D eigenvalue weighted by molar-refractivity contribution is 6.06. The Labute approximate surface area is 182 Å². The molecular weight excluding hydrogens is 416 g/mol. The lowest BCUT2D eigenvalue weighted by atomic mass is 10.1. The van der Waals surface area contributed by atoms with E-state index in [1.54, 1.807) is 12.1 Å². The summed E-state index contributed by atoms with van der Waals surface area (Å²) in [7, 11) is 0. The zero-order valence-corrected chi connectivity index (χ0v) is 16.8. The number of nitrogens with one attached hydrogen (secondary N) is 2. The molecule has 0 aliphatic rings. The topological polar surface area (TPSA) is 144 Å². The molecule has 0 saturated heterocycles. The predicted molar refractivity (Wildman–Crippen MR) is 116 cm³/mol. The van der Waals surface area contributed by atoms with Crippen LogP contribution in [0.1, 0.15) is 39.2 Å². The van der Waals surface area contributed by atoms with Crippen LogP contribution in [0.15, 0.2) is 72.8 Å². The normalized spacial score (nSPS) is 11.3. The molecule has 3 aromatic rings. The van der Waals surface area contributed by atoms with Crippen LogP contribution in [-0.4, -0.2) is 21.7 Å². The van der Waals surface area contributed by atoms with E-state index in [1.807, 2.05) is 37.3 Å². The molecule has 0 heterocycles. The van der Waals surface area contributed by atoms with Gasteiger partial charge >= 0.3 is 0 Å². The molecule has 2 N–H and O–H groups in total. The molecule has 1 unspecified atom stereocenters. The van der Waals surface area contributed by atoms with Crippen LogP contribution in [-0.2, 0) is 0 Å². The summed E-state index contributed by atoms with van der Waals surface area (Å²) in [6, 6.07) is 17.9. The van der Waals surface area contributed by atoms with Crippen LogP contribution in [0.25, 0.3) is 0 Å². The van der Waals surface area contributed by atoms with Crippen molar-refractivity contribution in [3.8, 4) is 0 Å². The second kappa shape index (κ2) is 9.47. The molecule has 10 heteroatoms. The van der Waals surface area contributed by atoms with Gasteiger partial charge in [0.2, 0.25) is 0 Å². The average Bonchev–Trinajstić information content (AvgIpc) is 2.79. The summed E-state index contributed by atoms with van der Waals surface area (Å²) in [6.07, 6.45) is 0. The third kappa shape index (κ3) is 5.30. The van der Waals surface area contributed by atoms with E-state index in [1.165, 1.54) is 12.1 Å². The SMILES string of the molecule is CC(NC(=O)c1cccc(NC(=O)c2cc([N+](=O)[O-])cc([N+](=O)[O-])c2)c1)c1ccccc1. The highest BCUT2D eigenvalue weighted by atomic mass is 16.6. The Hall–Kier alpha value is -4.60. The van der Waals surface area contributed by atoms with Gasteiger partial charge in [0.25, 0.3) is 23.2 Å². The number of hydrogen-bond donors (Lipinski definition) is 2. The van der Waals surface area contributed by atoms with E-state index in [9.17, 15) is 29.8 Å². The van der Waals surface area contributed by atoms with Gasteiger partial charge in [0.1, 0.15) is 0 Å². The quantitative estimate of drug-likeness (QED) is 0.420. The first kappa shape index (κ1) is 22.1. The molecule has 0 bridgehead atoms. The first-order chi connectivity index (χ1) is 15.2. The van der Waals surface area contributed by atoms with Gasteiger partial charge in [0.15, 0.2) is 0 Å². The standard InChI is InChI=1S/C22H18N4O6/c1-14(15-6-3-2-4-7-15)23-21(27)16-8-5-9-18(10-16)24-22(28)17-11-19(25(29)30)13-20(12-17)26(31)32/h2-14H,1H3,(H,23,27)(H,24,28). The molecule has 0 spiro atoms. The largest absolute Gasteiger partial charge is 0.346 e. The maximum Gasteiger partial charge on any atom is 0.277 e. The Morgan fingerprint density at radius 2 is 1.41 bits per heavy atom. The number of carbonyl (C=O) groups excluding carboxylic acids is 2. The minimum absolute atomic E-state index is 0.243. The third-order valence-electron chi connectivity index (χ3n) is 4.62. The summed E-state index contributed by atoms with van der Waals surface area (Å²) in [5.41, 5.74) is 0.0653. The fourth-order valence-electron chi connectivity index (χ4n) is 2.98. The molecule has 1 atom stereocenters. The molecule has 162 valence electrons. The zero-order valence-electron chi connectivity index (χ0n) is 16.8. The van der Waals surface area contributed by atoms with Gasteiger partial charge in [-0.1, -0.05) is 36.4 Å². The van der Waals surface area contributed by atoms with E-state index in [0.29, 0.717) is 0 Å². The molecule has 3 rings (SSSR count). The molecule has 0 aromatic heterocycles. The van der Waals surface area contributed by atoms with Crippen molar-refractivity contribution in [2.75, 3.05) is 5.32 Å². The lowest BCUT2D eigenvalue weighted by Gasteiger charge is -2.15. The number of amides is 2. The number of nitro benzene ring substituents is 2. The number of hydrogen-bond acceptors (Lipinski definition) is 6. The molecule has 2 amide bonds. The Morgan fingerprint density at radius 3 is 2.00 bits per heavy atom. The molecule has 0 fully saturated rings. The number of rotatable bonds is 7. The number of nitrogens with zero attached hydrogens (tertiary/aromatic N) is 2. The van der Waals surface area contributed by atoms with Crippen LogP contribution in [0.5, 0.6) is 0 Å². The van der Waals surface area contributed by atoms with Gasteiger partial charge in [-0.05, 0) is 30.7 Å². The van der Waals surface area contributed by atoms with Gasteiger partial charge in [0, 0.05) is 23.4 Å². The van der Waals surface area contributed by atoms with Crippen LogP contribution in [0.4, 0.5) is 17.1 Å². The Bertz CT molecular complexity index is 1160. The molecule has 0 aliphatic carbocycles. The lowest BCUT2D eigenvalue weighted by molar-refractivity contribution is -0.394. The van der Waals surface area contributed by atoms with E-state index in [4.69, 9.17) is 0 Å². The summed E-state index contributed by atoms with van der Waals surface area (Å²) in [4.78, 5) is 45.6. The van der Waals surface area contributed by atoms with E-state index in [2.05, 4.69) is 10.6 Å².